The summed E-state index contributed by atoms with van der Waals surface area (Å²) in [6, 6.07) is 11.8. The lowest BCUT2D eigenvalue weighted by molar-refractivity contribution is 0.122. The average Bonchev–Trinajstić information content (AvgIpc) is 3.35. The van der Waals surface area contributed by atoms with Crippen LogP contribution in [0.3, 0.4) is 0 Å². The molecule has 0 unspecified atom stereocenters. The van der Waals surface area contributed by atoms with Crippen LogP contribution in [-0.4, -0.2) is 42.8 Å². The molecule has 2 aromatic carbocycles. The lowest BCUT2D eigenvalue weighted by atomic mass is 10.0. The molecule has 0 spiro atoms. The number of nitrogens with zero attached hydrogens (tertiary/aromatic N) is 3. The topological polar surface area (TPSA) is 44.4 Å². The Bertz CT molecular complexity index is 1210. The summed E-state index contributed by atoms with van der Waals surface area (Å²) in [5.41, 5.74) is 5.31. The number of halogens is 1. The Balaban J connectivity index is 1.33. The predicted octanol–water partition coefficient (Wildman–Crippen LogP) is 4.32. The van der Waals surface area contributed by atoms with Gasteiger partial charge in [-0.25, -0.2) is 9.37 Å². The Morgan fingerprint density at radius 1 is 1.07 bits per heavy atom. The highest BCUT2D eigenvalue weighted by Gasteiger charge is 2.23. The molecule has 0 amide bonds. The number of aromatic amines is 1. The maximum absolute atomic E-state index is 14.5. The van der Waals surface area contributed by atoms with E-state index in [0.717, 1.165) is 77.8 Å². The number of rotatable bonds is 2. The third-order valence-electron chi connectivity index (χ3n) is 5.95. The smallest absolute Gasteiger partial charge is 0.186 e. The Labute approximate surface area is 171 Å². The molecule has 0 saturated carbocycles. The summed E-state index contributed by atoms with van der Waals surface area (Å²) in [7, 11) is 0. The van der Waals surface area contributed by atoms with Gasteiger partial charge in [0.05, 0.1) is 23.4 Å². The molecule has 2 aromatic heterocycles. The van der Waals surface area contributed by atoms with Crippen molar-refractivity contribution >= 4 is 43.3 Å². The third-order valence-corrected chi connectivity index (χ3v) is 7.05. The van der Waals surface area contributed by atoms with Crippen LogP contribution in [0.4, 0.5) is 15.2 Å². The van der Waals surface area contributed by atoms with Gasteiger partial charge in [-0.2, -0.15) is 0 Å². The number of anilines is 2. The number of H-pyrrole nitrogens is 1. The maximum atomic E-state index is 14.5. The minimum Gasteiger partial charge on any atom is -0.378 e. The van der Waals surface area contributed by atoms with Crippen LogP contribution in [0, 0.1) is 5.82 Å². The van der Waals surface area contributed by atoms with Crippen molar-refractivity contribution in [3.63, 3.8) is 0 Å². The first-order valence-electron chi connectivity index (χ1n) is 10.0. The molecule has 1 N–H and O–H groups in total. The number of benzene rings is 2. The van der Waals surface area contributed by atoms with Gasteiger partial charge >= 0.3 is 0 Å². The largest absolute Gasteiger partial charge is 0.378 e. The number of thiazole rings is 1. The Morgan fingerprint density at radius 3 is 2.86 bits per heavy atom. The van der Waals surface area contributed by atoms with E-state index in [2.05, 4.69) is 33.0 Å². The van der Waals surface area contributed by atoms with Crippen LogP contribution in [0.15, 0.2) is 36.4 Å². The molecule has 4 aromatic rings. The van der Waals surface area contributed by atoms with E-state index in [1.54, 1.807) is 23.5 Å². The molecule has 0 aliphatic carbocycles. The van der Waals surface area contributed by atoms with Gasteiger partial charge in [0.25, 0.3) is 0 Å². The molecule has 4 heterocycles. The van der Waals surface area contributed by atoms with Crippen LogP contribution >= 0.6 is 11.3 Å². The molecule has 5 nitrogen and oxygen atoms in total. The summed E-state index contributed by atoms with van der Waals surface area (Å²) in [5, 5.41) is 1.80. The zero-order valence-corrected chi connectivity index (χ0v) is 16.8. The molecule has 0 bridgehead atoms. The fraction of sp³-hybridized carbons (Fsp3) is 0.318. The molecule has 1 fully saturated rings. The quantitative estimate of drug-likeness (QED) is 0.537. The molecule has 7 heteroatoms. The van der Waals surface area contributed by atoms with Gasteiger partial charge in [-0.15, -0.1) is 0 Å². The summed E-state index contributed by atoms with van der Waals surface area (Å²) >= 11 is 1.74. The number of aromatic nitrogens is 2. The second kappa shape index (κ2) is 6.71. The molecule has 2 aliphatic heterocycles. The Hall–Kier alpha value is -2.64. The number of fused-ring (bicyclic) bond motifs is 4. The summed E-state index contributed by atoms with van der Waals surface area (Å²) in [5.74, 6) is -0.146. The van der Waals surface area contributed by atoms with E-state index in [9.17, 15) is 4.39 Å². The van der Waals surface area contributed by atoms with Crippen LogP contribution in [-0.2, 0) is 17.7 Å². The van der Waals surface area contributed by atoms with Gasteiger partial charge in [0, 0.05) is 60.4 Å². The van der Waals surface area contributed by atoms with Crippen molar-refractivity contribution in [1.29, 1.82) is 0 Å². The van der Waals surface area contributed by atoms with Gasteiger partial charge in [-0.05, 0) is 30.3 Å². The molecule has 1 saturated heterocycles. The van der Waals surface area contributed by atoms with E-state index < -0.39 is 0 Å². The second-order valence-corrected chi connectivity index (χ2v) is 8.67. The van der Waals surface area contributed by atoms with Crippen LogP contribution in [0.25, 0.3) is 21.1 Å². The minimum atomic E-state index is -0.146. The zero-order valence-electron chi connectivity index (χ0n) is 15.9. The van der Waals surface area contributed by atoms with E-state index in [4.69, 9.17) is 9.72 Å². The van der Waals surface area contributed by atoms with E-state index in [-0.39, 0.29) is 5.82 Å². The third kappa shape index (κ3) is 2.88. The Kier molecular flexibility index (Phi) is 3.99. The van der Waals surface area contributed by atoms with Crippen molar-refractivity contribution in [2.24, 2.45) is 0 Å². The lowest BCUT2D eigenvalue weighted by Crippen LogP contribution is -2.36. The van der Waals surface area contributed by atoms with E-state index in [1.807, 2.05) is 6.07 Å². The van der Waals surface area contributed by atoms with E-state index in [1.165, 1.54) is 4.70 Å². The van der Waals surface area contributed by atoms with E-state index in [0.29, 0.717) is 6.54 Å². The highest BCUT2D eigenvalue weighted by molar-refractivity contribution is 7.22. The van der Waals surface area contributed by atoms with Crippen molar-refractivity contribution in [2.75, 3.05) is 42.6 Å². The van der Waals surface area contributed by atoms with Crippen molar-refractivity contribution in [3.05, 3.63) is 53.5 Å². The molecular weight excluding hydrogens is 387 g/mol. The average molecular weight is 409 g/mol. The van der Waals surface area contributed by atoms with Gasteiger partial charge in [0.2, 0.25) is 0 Å². The maximum Gasteiger partial charge on any atom is 0.186 e. The Morgan fingerprint density at radius 2 is 1.97 bits per heavy atom. The number of hydrogen-bond donors (Lipinski definition) is 1. The molecule has 2 aliphatic rings. The first-order valence-corrected chi connectivity index (χ1v) is 10.8. The summed E-state index contributed by atoms with van der Waals surface area (Å²) in [6.45, 7) is 4.94. The van der Waals surface area contributed by atoms with Crippen LogP contribution < -0.4 is 9.80 Å². The predicted molar refractivity (Wildman–Crippen MR) is 116 cm³/mol. The number of nitrogens with one attached hydrogen (secondary N) is 1. The second-order valence-electron chi connectivity index (χ2n) is 7.66. The van der Waals surface area contributed by atoms with Gasteiger partial charge in [0.15, 0.2) is 5.13 Å². The van der Waals surface area contributed by atoms with Crippen LogP contribution in [0.5, 0.6) is 0 Å². The van der Waals surface area contributed by atoms with Crippen molar-refractivity contribution in [1.82, 2.24) is 9.97 Å². The van der Waals surface area contributed by atoms with Gasteiger partial charge < -0.3 is 19.5 Å². The molecule has 6 rings (SSSR count). The monoisotopic (exact) mass is 408 g/mol. The molecule has 148 valence electrons. The molecule has 29 heavy (non-hydrogen) atoms. The number of hydrogen-bond acceptors (Lipinski definition) is 5. The standard InChI is InChI=1S/C22H21FN4OS/c23-16-2-1-3-18-21(16)15-13-27(7-6-17(15)24-18)14-4-5-20-19(12-14)25-22(29-20)26-8-10-28-11-9-26/h1-5,12,24H,6-11,13H2. The fourth-order valence-corrected chi connectivity index (χ4v) is 5.44. The molecular formula is C22H21FN4OS. The summed E-state index contributed by atoms with van der Waals surface area (Å²) in [6.07, 6.45) is 0.886. The SMILES string of the molecule is Fc1cccc2[nH]c3c(c12)CN(c1ccc2sc(N4CCOCC4)nc2c1)CC3. The van der Waals surface area contributed by atoms with E-state index >= 15 is 0 Å². The van der Waals surface area contributed by atoms with Crippen molar-refractivity contribution in [3.8, 4) is 0 Å². The number of morpholine rings is 1. The highest BCUT2D eigenvalue weighted by Crippen LogP contribution is 2.35. The highest BCUT2D eigenvalue weighted by atomic mass is 32.1. The van der Waals surface area contributed by atoms with Gasteiger partial charge in [-0.3, -0.25) is 0 Å². The fourth-order valence-electron chi connectivity index (χ4n) is 4.44. The molecule has 0 radical (unpaired) electrons. The number of ether oxygens (including phenoxy) is 1. The first kappa shape index (κ1) is 17.2. The van der Waals surface area contributed by atoms with Gasteiger partial charge in [-0.1, -0.05) is 17.4 Å². The summed E-state index contributed by atoms with van der Waals surface area (Å²) in [4.78, 5) is 12.9. The van der Waals surface area contributed by atoms with Crippen molar-refractivity contribution < 1.29 is 9.13 Å². The lowest BCUT2D eigenvalue weighted by Gasteiger charge is -2.29. The minimum absolute atomic E-state index is 0.146. The van der Waals surface area contributed by atoms with Crippen LogP contribution in [0.1, 0.15) is 11.3 Å². The van der Waals surface area contributed by atoms with Crippen molar-refractivity contribution in [2.45, 2.75) is 13.0 Å². The van der Waals surface area contributed by atoms with Gasteiger partial charge in [0.1, 0.15) is 5.82 Å². The normalized spacial score (nSPS) is 17.3. The molecule has 0 atom stereocenters. The first-order chi connectivity index (χ1) is 14.3. The zero-order chi connectivity index (χ0) is 19.4. The van der Waals surface area contributed by atoms with Crippen LogP contribution in [0.2, 0.25) is 0 Å². The summed E-state index contributed by atoms with van der Waals surface area (Å²) < 4.78 is 21.1.